The lowest BCUT2D eigenvalue weighted by Gasteiger charge is -2.02. The van der Waals surface area contributed by atoms with Crippen molar-refractivity contribution < 1.29 is 4.79 Å². The average molecular weight is 293 g/mol. The van der Waals surface area contributed by atoms with Crippen molar-refractivity contribution in [2.24, 2.45) is 0 Å². The highest BCUT2D eigenvalue weighted by atomic mass is 35.5. The molecule has 21 heavy (non-hydrogen) atoms. The Morgan fingerprint density at radius 1 is 0.857 bits per heavy atom. The van der Waals surface area contributed by atoms with Gasteiger partial charge < -0.3 is 0 Å². The number of hydrogen-bond acceptors (Lipinski definition) is 1. The van der Waals surface area contributed by atoms with E-state index in [1.54, 1.807) is 18.2 Å². The van der Waals surface area contributed by atoms with Crippen molar-refractivity contribution in [3.05, 3.63) is 89.0 Å². The Kier molecular flexibility index (Phi) is 3.85. The quantitative estimate of drug-likeness (QED) is 0.467. The third kappa shape index (κ3) is 2.88. The summed E-state index contributed by atoms with van der Waals surface area (Å²) in [6, 6.07) is 21.2. The molecule has 1 nitrogen and oxygen atoms in total. The lowest BCUT2D eigenvalue weighted by molar-refractivity contribution is 0.104. The fourth-order valence-electron chi connectivity index (χ4n) is 2.31. The van der Waals surface area contributed by atoms with Crippen LogP contribution < -0.4 is 0 Å². The van der Waals surface area contributed by atoms with Crippen LogP contribution in [0.1, 0.15) is 15.9 Å². The van der Waals surface area contributed by atoms with Gasteiger partial charge in [-0.3, -0.25) is 4.79 Å². The predicted molar refractivity (Wildman–Crippen MR) is 88.8 cm³/mol. The minimum Gasteiger partial charge on any atom is -0.289 e. The van der Waals surface area contributed by atoms with E-state index in [9.17, 15) is 4.79 Å². The molecule has 0 unspecified atom stereocenters. The van der Waals surface area contributed by atoms with Crippen molar-refractivity contribution in [1.82, 2.24) is 0 Å². The van der Waals surface area contributed by atoms with Crippen LogP contribution in [0.25, 0.3) is 16.8 Å². The molecule has 3 aromatic rings. The molecule has 0 aromatic heterocycles. The Morgan fingerprint density at radius 2 is 1.57 bits per heavy atom. The maximum Gasteiger partial charge on any atom is 0.187 e. The van der Waals surface area contributed by atoms with Gasteiger partial charge in [0.1, 0.15) is 0 Å². The van der Waals surface area contributed by atoms with E-state index in [0.717, 1.165) is 16.3 Å². The first-order valence-corrected chi connectivity index (χ1v) is 7.08. The number of halogens is 1. The smallest absolute Gasteiger partial charge is 0.187 e. The number of fused-ring (bicyclic) bond motifs is 1. The van der Waals surface area contributed by atoms with Gasteiger partial charge in [0.2, 0.25) is 0 Å². The van der Waals surface area contributed by atoms with Crippen molar-refractivity contribution >= 4 is 34.2 Å². The minimum absolute atomic E-state index is 0.0893. The second kappa shape index (κ2) is 5.94. The van der Waals surface area contributed by atoms with Crippen LogP contribution in [0.3, 0.4) is 0 Å². The van der Waals surface area contributed by atoms with Gasteiger partial charge in [-0.15, -0.1) is 0 Å². The highest BCUT2D eigenvalue weighted by Crippen LogP contribution is 2.21. The van der Waals surface area contributed by atoms with Crippen LogP contribution in [0.4, 0.5) is 0 Å². The van der Waals surface area contributed by atoms with Gasteiger partial charge in [0.25, 0.3) is 0 Å². The van der Waals surface area contributed by atoms with E-state index >= 15 is 0 Å². The molecule has 0 fully saturated rings. The average Bonchev–Trinajstić information content (AvgIpc) is 2.53. The normalized spacial score (nSPS) is 11.1. The summed E-state index contributed by atoms with van der Waals surface area (Å²) >= 11 is 6.04. The summed E-state index contributed by atoms with van der Waals surface area (Å²) in [6.45, 7) is 0. The molecular weight excluding hydrogens is 280 g/mol. The number of ketones is 1. The molecule has 0 atom stereocenters. The maximum absolute atomic E-state index is 12.2. The van der Waals surface area contributed by atoms with Gasteiger partial charge in [-0.1, -0.05) is 72.3 Å². The molecule has 0 bridgehead atoms. The monoisotopic (exact) mass is 292 g/mol. The fraction of sp³-hybridized carbons (Fsp3) is 0. The molecule has 0 saturated heterocycles. The van der Waals surface area contributed by atoms with E-state index in [1.165, 1.54) is 0 Å². The fourth-order valence-corrected chi connectivity index (χ4v) is 2.54. The van der Waals surface area contributed by atoms with E-state index in [-0.39, 0.29) is 5.78 Å². The van der Waals surface area contributed by atoms with Crippen LogP contribution in [-0.4, -0.2) is 5.78 Å². The molecule has 102 valence electrons. The molecule has 0 spiro atoms. The van der Waals surface area contributed by atoms with Gasteiger partial charge in [0, 0.05) is 5.56 Å². The van der Waals surface area contributed by atoms with Crippen LogP contribution in [0.2, 0.25) is 5.02 Å². The highest BCUT2D eigenvalue weighted by molar-refractivity contribution is 6.34. The Hall–Kier alpha value is -2.38. The third-order valence-corrected chi connectivity index (χ3v) is 3.71. The molecule has 0 heterocycles. The van der Waals surface area contributed by atoms with Gasteiger partial charge >= 0.3 is 0 Å². The number of hydrogen-bond donors (Lipinski definition) is 0. The molecule has 0 aliphatic carbocycles. The Morgan fingerprint density at radius 3 is 2.43 bits per heavy atom. The van der Waals surface area contributed by atoms with Crippen molar-refractivity contribution in [2.75, 3.05) is 0 Å². The molecule has 3 aromatic carbocycles. The van der Waals surface area contributed by atoms with E-state index in [1.807, 2.05) is 42.5 Å². The zero-order chi connectivity index (χ0) is 14.7. The zero-order valence-corrected chi connectivity index (χ0v) is 12.0. The molecule has 0 amide bonds. The molecule has 0 radical (unpaired) electrons. The van der Waals surface area contributed by atoms with Gasteiger partial charge in [0.15, 0.2) is 5.78 Å². The van der Waals surface area contributed by atoms with Gasteiger partial charge in [-0.25, -0.2) is 0 Å². The number of carbonyl (C=O) groups excluding carboxylic acids is 1. The first-order chi connectivity index (χ1) is 10.3. The lowest BCUT2D eigenvalue weighted by Crippen LogP contribution is -1.94. The van der Waals surface area contributed by atoms with Gasteiger partial charge in [0.05, 0.1) is 5.02 Å². The first kappa shape index (κ1) is 13.6. The predicted octanol–water partition coefficient (Wildman–Crippen LogP) is 5.39. The summed E-state index contributed by atoms with van der Waals surface area (Å²) in [5.74, 6) is -0.0893. The van der Waals surface area contributed by atoms with Crippen molar-refractivity contribution in [3.63, 3.8) is 0 Å². The molecule has 0 N–H and O–H groups in total. The van der Waals surface area contributed by atoms with E-state index in [4.69, 9.17) is 11.6 Å². The largest absolute Gasteiger partial charge is 0.289 e. The van der Waals surface area contributed by atoms with Crippen molar-refractivity contribution in [3.8, 4) is 0 Å². The zero-order valence-electron chi connectivity index (χ0n) is 11.3. The van der Waals surface area contributed by atoms with Crippen LogP contribution in [-0.2, 0) is 0 Å². The molecule has 3 rings (SSSR count). The number of carbonyl (C=O) groups is 1. The molecular formula is C19H13ClO. The van der Waals surface area contributed by atoms with Crippen LogP contribution in [0, 0.1) is 0 Å². The Labute approximate surface area is 128 Å². The van der Waals surface area contributed by atoms with E-state index < -0.39 is 0 Å². The number of benzene rings is 3. The second-order valence-corrected chi connectivity index (χ2v) is 5.15. The van der Waals surface area contributed by atoms with Gasteiger partial charge in [-0.2, -0.15) is 0 Å². The maximum atomic E-state index is 12.2. The van der Waals surface area contributed by atoms with Crippen LogP contribution >= 0.6 is 11.6 Å². The summed E-state index contributed by atoms with van der Waals surface area (Å²) in [5.41, 5.74) is 1.55. The van der Waals surface area contributed by atoms with Crippen LogP contribution in [0.15, 0.2) is 72.8 Å². The third-order valence-electron chi connectivity index (χ3n) is 3.38. The standard InChI is InChI=1S/C19H13ClO/c20-18-11-4-3-10-17(18)19(21)13-12-15-8-5-7-14-6-1-2-9-16(14)15/h1-13H/b13-12+. The SMILES string of the molecule is O=C(/C=C/c1cccc2ccccc12)c1ccccc1Cl. The van der Waals surface area contributed by atoms with Crippen molar-refractivity contribution in [2.45, 2.75) is 0 Å². The first-order valence-electron chi connectivity index (χ1n) is 6.70. The molecule has 2 heteroatoms. The Bertz CT molecular complexity index is 828. The second-order valence-electron chi connectivity index (χ2n) is 4.75. The molecule has 0 saturated carbocycles. The summed E-state index contributed by atoms with van der Waals surface area (Å²) in [4.78, 5) is 12.2. The molecule has 0 aliphatic rings. The van der Waals surface area contributed by atoms with E-state index in [0.29, 0.717) is 10.6 Å². The number of allylic oxidation sites excluding steroid dienone is 1. The lowest BCUT2D eigenvalue weighted by atomic mass is 10.0. The summed E-state index contributed by atoms with van der Waals surface area (Å²) in [7, 11) is 0. The Balaban J connectivity index is 1.95. The summed E-state index contributed by atoms with van der Waals surface area (Å²) in [6.07, 6.45) is 3.41. The van der Waals surface area contributed by atoms with E-state index in [2.05, 4.69) is 18.2 Å². The highest BCUT2D eigenvalue weighted by Gasteiger charge is 2.06. The number of rotatable bonds is 3. The van der Waals surface area contributed by atoms with Gasteiger partial charge in [-0.05, 0) is 34.5 Å². The molecule has 0 aliphatic heterocycles. The minimum atomic E-state index is -0.0893. The van der Waals surface area contributed by atoms with Crippen molar-refractivity contribution in [1.29, 1.82) is 0 Å². The van der Waals surface area contributed by atoms with Crippen LogP contribution in [0.5, 0.6) is 0 Å². The summed E-state index contributed by atoms with van der Waals surface area (Å²) in [5, 5.41) is 2.76. The topological polar surface area (TPSA) is 17.1 Å². The summed E-state index contributed by atoms with van der Waals surface area (Å²) < 4.78 is 0.